The molecule has 2 amide bonds. The van der Waals surface area contributed by atoms with Gasteiger partial charge in [-0.25, -0.2) is 0 Å². The zero-order chi connectivity index (χ0) is 18.7. The summed E-state index contributed by atoms with van der Waals surface area (Å²) in [6.45, 7) is 0.491. The van der Waals surface area contributed by atoms with Crippen molar-refractivity contribution in [3.63, 3.8) is 0 Å². The molecular weight excluding hydrogens is 353 g/mol. The summed E-state index contributed by atoms with van der Waals surface area (Å²) >= 11 is 0. The van der Waals surface area contributed by atoms with Crippen molar-refractivity contribution < 1.29 is 31.9 Å². The molecule has 9 heteroatoms. The van der Waals surface area contributed by atoms with Crippen LogP contribution < -0.4 is 10.9 Å². The van der Waals surface area contributed by atoms with Crippen molar-refractivity contribution in [2.45, 2.75) is 25.1 Å². The van der Waals surface area contributed by atoms with E-state index in [1.165, 1.54) is 24.3 Å². The molecule has 6 nitrogen and oxygen atoms in total. The van der Waals surface area contributed by atoms with Gasteiger partial charge < -0.3 is 9.15 Å². The Labute approximate surface area is 146 Å². The molecule has 0 aliphatic carbocycles. The van der Waals surface area contributed by atoms with Crippen molar-refractivity contribution in [1.29, 1.82) is 0 Å². The number of hydrogen-bond donors (Lipinski definition) is 2. The number of hydrogen-bond acceptors (Lipinski definition) is 4. The molecule has 1 aliphatic rings. The number of hydrazine groups is 1. The molecule has 0 radical (unpaired) electrons. The van der Waals surface area contributed by atoms with Gasteiger partial charge in [-0.05, 0) is 37.1 Å². The molecule has 3 rings (SSSR count). The third kappa shape index (κ3) is 4.05. The minimum Gasteiger partial charge on any atom is -0.451 e. The number of ether oxygens (including phenoxy) is 1. The van der Waals surface area contributed by atoms with Gasteiger partial charge in [-0.1, -0.05) is 12.1 Å². The van der Waals surface area contributed by atoms with E-state index in [1.807, 2.05) is 0 Å². The van der Waals surface area contributed by atoms with Gasteiger partial charge in [-0.2, -0.15) is 13.2 Å². The fraction of sp³-hybridized carbons (Fsp3) is 0.294. The van der Waals surface area contributed by atoms with Gasteiger partial charge in [0.25, 0.3) is 5.91 Å². The van der Waals surface area contributed by atoms with E-state index >= 15 is 0 Å². The molecule has 1 saturated heterocycles. The van der Waals surface area contributed by atoms with Crippen molar-refractivity contribution >= 4 is 11.8 Å². The molecule has 1 aromatic heterocycles. The summed E-state index contributed by atoms with van der Waals surface area (Å²) in [6, 6.07) is 7.26. The van der Waals surface area contributed by atoms with Crippen LogP contribution in [0, 0.1) is 0 Å². The first kappa shape index (κ1) is 18.0. The molecule has 2 N–H and O–H groups in total. The third-order valence-electron chi connectivity index (χ3n) is 3.83. The molecule has 1 aliphatic heterocycles. The molecule has 0 bridgehead atoms. The van der Waals surface area contributed by atoms with Gasteiger partial charge in [0.15, 0.2) is 5.76 Å². The number of furan rings is 1. The van der Waals surface area contributed by atoms with Crippen molar-refractivity contribution in [3.05, 3.63) is 47.7 Å². The Balaban J connectivity index is 1.65. The SMILES string of the molecule is O=C(NNC(=O)[C@H]1CCCO1)c1ccc(-c2cccc(C(F)(F)F)c2)o1. The predicted molar refractivity (Wildman–Crippen MR) is 83.7 cm³/mol. The van der Waals surface area contributed by atoms with Crippen molar-refractivity contribution in [1.82, 2.24) is 10.9 Å². The highest BCUT2D eigenvalue weighted by Gasteiger charge is 2.30. The van der Waals surface area contributed by atoms with Crippen LogP contribution in [0.1, 0.15) is 29.0 Å². The summed E-state index contributed by atoms with van der Waals surface area (Å²) in [5.74, 6) is -1.24. The standard InChI is InChI=1S/C17H15F3N2O4/c18-17(19,20)11-4-1-3-10(9-11)12-6-7-14(26-12)16(24)22-21-15(23)13-5-2-8-25-13/h1,3-4,6-7,9,13H,2,5,8H2,(H,21,23)(H,22,24)/t13-/m1/s1. The zero-order valence-electron chi connectivity index (χ0n) is 13.4. The molecule has 0 saturated carbocycles. The Kier molecular flexibility index (Phi) is 4.99. The lowest BCUT2D eigenvalue weighted by molar-refractivity contribution is -0.137. The molecule has 1 atom stereocenters. The molecule has 138 valence electrons. The number of carbonyl (C=O) groups is 2. The number of nitrogens with one attached hydrogen (secondary N) is 2. The Morgan fingerprint density at radius 1 is 1.12 bits per heavy atom. The lowest BCUT2D eigenvalue weighted by Gasteiger charge is -2.10. The smallest absolute Gasteiger partial charge is 0.416 e. The number of halogens is 3. The van der Waals surface area contributed by atoms with E-state index < -0.39 is 29.7 Å². The Hall–Kier alpha value is -2.81. The number of rotatable bonds is 3. The molecule has 26 heavy (non-hydrogen) atoms. The van der Waals surface area contributed by atoms with Crippen LogP contribution in [0.2, 0.25) is 0 Å². The van der Waals surface area contributed by atoms with Gasteiger partial charge in [-0.15, -0.1) is 0 Å². The highest BCUT2D eigenvalue weighted by Crippen LogP contribution is 2.32. The minimum absolute atomic E-state index is 0.103. The second kappa shape index (κ2) is 7.20. The van der Waals surface area contributed by atoms with Gasteiger partial charge in [0.1, 0.15) is 11.9 Å². The van der Waals surface area contributed by atoms with Gasteiger partial charge in [-0.3, -0.25) is 20.4 Å². The molecular formula is C17H15F3N2O4. The quantitative estimate of drug-likeness (QED) is 0.817. The molecule has 2 heterocycles. The fourth-order valence-electron chi connectivity index (χ4n) is 2.51. The maximum absolute atomic E-state index is 12.8. The van der Waals surface area contributed by atoms with Gasteiger partial charge in [0, 0.05) is 12.2 Å². The zero-order valence-corrected chi connectivity index (χ0v) is 13.4. The number of amides is 2. The second-order valence-corrected chi connectivity index (χ2v) is 5.69. The summed E-state index contributed by atoms with van der Waals surface area (Å²) in [4.78, 5) is 23.7. The molecule has 1 aromatic carbocycles. The average molecular weight is 368 g/mol. The second-order valence-electron chi connectivity index (χ2n) is 5.69. The van der Waals surface area contributed by atoms with Gasteiger partial charge in [0.05, 0.1) is 5.56 Å². The van der Waals surface area contributed by atoms with E-state index in [4.69, 9.17) is 9.15 Å². The third-order valence-corrected chi connectivity index (χ3v) is 3.83. The Morgan fingerprint density at radius 2 is 1.92 bits per heavy atom. The number of benzene rings is 1. The topological polar surface area (TPSA) is 80.6 Å². The average Bonchev–Trinajstić information content (AvgIpc) is 3.30. The maximum atomic E-state index is 12.8. The van der Waals surface area contributed by atoms with Crippen LogP contribution in [-0.2, 0) is 15.7 Å². The molecule has 0 spiro atoms. The maximum Gasteiger partial charge on any atom is 0.416 e. The largest absolute Gasteiger partial charge is 0.451 e. The summed E-state index contributed by atoms with van der Waals surface area (Å²) < 4.78 is 48.8. The number of alkyl halides is 3. The monoisotopic (exact) mass is 368 g/mol. The van der Waals surface area contributed by atoms with E-state index in [0.29, 0.717) is 13.0 Å². The lowest BCUT2D eigenvalue weighted by atomic mass is 10.1. The molecule has 2 aromatic rings. The fourth-order valence-corrected chi connectivity index (χ4v) is 2.51. The summed E-state index contributed by atoms with van der Waals surface area (Å²) in [5, 5.41) is 0. The van der Waals surface area contributed by atoms with E-state index in [-0.39, 0.29) is 17.1 Å². The van der Waals surface area contributed by atoms with Crippen LogP contribution in [0.15, 0.2) is 40.8 Å². The van der Waals surface area contributed by atoms with Crippen molar-refractivity contribution in [2.75, 3.05) is 6.61 Å². The van der Waals surface area contributed by atoms with Crippen LogP contribution in [0.3, 0.4) is 0 Å². The number of carbonyl (C=O) groups excluding carboxylic acids is 2. The van der Waals surface area contributed by atoms with E-state index in [0.717, 1.165) is 18.6 Å². The summed E-state index contributed by atoms with van der Waals surface area (Å²) in [5.41, 5.74) is 3.78. The van der Waals surface area contributed by atoms with Gasteiger partial charge in [0.2, 0.25) is 0 Å². The van der Waals surface area contributed by atoms with Crippen molar-refractivity contribution in [2.24, 2.45) is 0 Å². The first-order valence-electron chi connectivity index (χ1n) is 7.84. The highest BCUT2D eigenvalue weighted by atomic mass is 19.4. The van der Waals surface area contributed by atoms with Crippen LogP contribution in [0.5, 0.6) is 0 Å². The normalized spacial score (nSPS) is 17.1. The minimum atomic E-state index is -4.48. The van der Waals surface area contributed by atoms with Gasteiger partial charge >= 0.3 is 12.1 Å². The van der Waals surface area contributed by atoms with Crippen LogP contribution >= 0.6 is 0 Å². The summed E-state index contributed by atoms with van der Waals surface area (Å²) in [7, 11) is 0. The predicted octanol–water partition coefficient (Wildman–Crippen LogP) is 2.91. The molecule has 1 fully saturated rings. The lowest BCUT2D eigenvalue weighted by Crippen LogP contribution is -2.46. The Morgan fingerprint density at radius 3 is 2.62 bits per heavy atom. The van der Waals surface area contributed by atoms with Crippen LogP contribution in [-0.4, -0.2) is 24.5 Å². The summed E-state index contributed by atoms with van der Waals surface area (Å²) in [6.07, 6.45) is -3.74. The first-order valence-corrected chi connectivity index (χ1v) is 7.84. The van der Waals surface area contributed by atoms with Crippen molar-refractivity contribution in [3.8, 4) is 11.3 Å². The van der Waals surface area contributed by atoms with E-state index in [2.05, 4.69) is 10.9 Å². The van der Waals surface area contributed by atoms with E-state index in [1.54, 1.807) is 0 Å². The van der Waals surface area contributed by atoms with Crippen LogP contribution in [0.25, 0.3) is 11.3 Å². The first-order chi connectivity index (χ1) is 12.3. The highest BCUT2D eigenvalue weighted by molar-refractivity contribution is 5.94. The van der Waals surface area contributed by atoms with E-state index in [9.17, 15) is 22.8 Å². The Bertz CT molecular complexity index is 810. The van der Waals surface area contributed by atoms with Crippen LogP contribution in [0.4, 0.5) is 13.2 Å². The molecule has 0 unspecified atom stereocenters.